The highest BCUT2D eigenvalue weighted by molar-refractivity contribution is 9.10. The van der Waals surface area contributed by atoms with Crippen LogP contribution in [0.2, 0.25) is 0 Å². The number of aromatic nitrogens is 3. The standard InChI is InChI=1S/C22H22BrN3O6S/c1-13-4-6-16(7-5-13)33(28,29)32-12-21-10-22(31-11-21,17(21)19(27)30-3)20-24-18-14(2)8-15(23)9-26(18)25-20/h4-9,17H,10-12H2,1-3H3. The number of carbonyl (C=O) groups is 1. The number of methoxy groups -OCH3 is 1. The number of carbonyl (C=O) groups excluding carboxylic acids is 1. The van der Waals surface area contributed by atoms with Gasteiger partial charge in [0.25, 0.3) is 10.1 Å². The molecule has 174 valence electrons. The van der Waals surface area contributed by atoms with Crippen molar-refractivity contribution in [3.05, 3.63) is 58.0 Å². The van der Waals surface area contributed by atoms with Gasteiger partial charge < -0.3 is 9.47 Å². The molecule has 0 radical (unpaired) electrons. The molecule has 9 nitrogen and oxygen atoms in total. The Hall–Kier alpha value is -2.34. The van der Waals surface area contributed by atoms with Crippen molar-refractivity contribution in [2.45, 2.75) is 30.8 Å². The SMILES string of the molecule is COC(=O)C1C2(COS(=O)(=O)c3ccc(C)cc3)COC1(c1nc3c(C)cc(Br)cn3n1)C2. The molecule has 1 aliphatic carbocycles. The van der Waals surface area contributed by atoms with Crippen LogP contribution in [-0.2, 0) is 34.2 Å². The molecule has 2 aliphatic heterocycles. The van der Waals surface area contributed by atoms with Crippen LogP contribution in [0.3, 0.4) is 0 Å². The number of halogens is 1. The van der Waals surface area contributed by atoms with Crippen molar-refractivity contribution in [3.8, 4) is 0 Å². The summed E-state index contributed by atoms with van der Waals surface area (Å²) in [5, 5.41) is 4.57. The molecule has 3 atom stereocenters. The van der Waals surface area contributed by atoms with Crippen molar-refractivity contribution < 1.29 is 26.9 Å². The highest BCUT2D eigenvalue weighted by Gasteiger charge is 2.76. The Morgan fingerprint density at radius 3 is 2.73 bits per heavy atom. The largest absolute Gasteiger partial charge is 0.469 e. The molecule has 6 rings (SSSR count). The Balaban J connectivity index is 1.46. The average Bonchev–Trinajstić information content (AvgIpc) is 3.44. The van der Waals surface area contributed by atoms with Crippen molar-refractivity contribution in [1.29, 1.82) is 0 Å². The summed E-state index contributed by atoms with van der Waals surface area (Å²) in [5.74, 6) is -0.926. The number of nitrogens with zero attached hydrogens (tertiary/aromatic N) is 3. The van der Waals surface area contributed by atoms with E-state index in [0.717, 1.165) is 15.6 Å². The molecule has 0 spiro atoms. The molecule has 4 heterocycles. The maximum Gasteiger partial charge on any atom is 0.312 e. The van der Waals surface area contributed by atoms with E-state index in [1.165, 1.54) is 19.2 Å². The molecule has 2 saturated heterocycles. The lowest BCUT2D eigenvalue weighted by Crippen LogP contribution is -2.59. The first-order valence-electron chi connectivity index (χ1n) is 10.3. The second-order valence-corrected chi connectivity index (χ2v) is 11.3. The van der Waals surface area contributed by atoms with Gasteiger partial charge in [-0.2, -0.15) is 8.42 Å². The van der Waals surface area contributed by atoms with Crippen molar-refractivity contribution in [2.75, 3.05) is 20.3 Å². The van der Waals surface area contributed by atoms with Crippen molar-refractivity contribution >= 4 is 37.7 Å². The van der Waals surface area contributed by atoms with Gasteiger partial charge in [-0.3, -0.25) is 8.98 Å². The van der Waals surface area contributed by atoms with Gasteiger partial charge in [-0.15, -0.1) is 5.10 Å². The number of fused-ring (bicyclic) bond motifs is 2. The van der Waals surface area contributed by atoms with Crippen molar-refractivity contribution in [2.24, 2.45) is 11.3 Å². The molecule has 1 aromatic carbocycles. The Bertz CT molecular complexity index is 1370. The second kappa shape index (κ2) is 7.59. The van der Waals surface area contributed by atoms with Gasteiger partial charge in [-0.25, -0.2) is 9.50 Å². The van der Waals surface area contributed by atoms with Gasteiger partial charge in [-0.05, 0) is 60.0 Å². The summed E-state index contributed by atoms with van der Waals surface area (Å²) in [6.45, 7) is 3.71. The maximum absolute atomic E-state index is 12.8. The van der Waals surface area contributed by atoms with Gasteiger partial charge in [0.15, 0.2) is 11.5 Å². The number of hydrogen-bond acceptors (Lipinski definition) is 8. The molecule has 0 amide bonds. The van der Waals surface area contributed by atoms with E-state index < -0.39 is 33.0 Å². The fraction of sp³-hybridized carbons (Fsp3) is 0.409. The van der Waals surface area contributed by atoms with E-state index >= 15 is 0 Å². The number of pyridine rings is 1. The number of esters is 1. The predicted molar refractivity (Wildman–Crippen MR) is 120 cm³/mol. The zero-order valence-electron chi connectivity index (χ0n) is 18.2. The van der Waals surface area contributed by atoms with Crippen LogP contribution in [0.5, 0.6) is 0 Å². The Labute approximate surface area is 199 Å². The van der Waals surface area contributed by atoms with Gasteiger partial charge >= 0.3 is 5.97 Å². The first-order valence-corrected chi connectivity index (χ1v) is 12.5. The van der Waals surface area contributed by atoms with Gasteiger partial charge in [0.1, 0.15) is 11.5 Å². The van der Waals surface area contributed by atoms with Crippen LogP contribution >= 0.6 is 15.9 Å². The summed E-state index contributed by atoms with van der Waals surface area (Å²) in [5.41, 5.74) is 0.559. The minimum absolute atomic E-state index is 0.0617. The first kappa shape index (κ1) is 22.5. The van der Waals surface area contributed by atoms with Crippen LogP contribution in [0.4, 0.5) is 0 Å². The monoisotopic (exact) mass is 535 g/mol. The molecule has 1 saturated carbocycles. The fourth-order valence-corrected chi connectivity index (χ4v) is 6.43. The summed E-state index contributed by atoms with van der Waals surface area (Å²) >= 11 is 3.45. The van der Waals surface area contributed by atoms with Crippen molar-refractivity contribution in [1.82, 2.24) is 14.6 Å². The molecule has 0 N–H and O–H groups in total. The highest BCUT2D eigenvalue weighted by Crippen LogP contribution is 2.67. The number of rotatable bonds is 6. The first-order chi connectivity index (χ1) is 15.6. The lowest BCUT2D eigenvalue weighted by atomic mass is 9.53. The molecule has 2 aromatic heterocycles. The smallest absolute Gasteiger partial charge is 0.312 e. The van der Waals surface area contributed by atoms with Gasteiger partial charge in [0.05, 0.1) is 25.2 Å². The molecule has 33 heavy (non-hydrogen) atoms. The van der Waals surface area contributed by atoms with Crippen LogP contribution in [0.1, 0.15) is 23.4 Å². The van der Waals surface area contributed by atoms with Crippen molar-refractivity contribution in [3.63, 3.8) is 0 Å². The second-order valence-electron chi connectivity index (χ2n) is 8.75. The number of ether oxygens (including phenoxy) is 2. The zero-order valence-corrected chi connectivity index (χ0v) is 20.6. The van der Waals surface area contributed by atoms with Gasteiger partial charge in [-0.1, -0.05) is 17.7 Å². The molecule has 3 unspecified atom stereocenters. The summed E-state index contributed by atoms with van der Waals surface area (Å²) in [6.07, 6.45) is 2.13. The van der Waals surface area contributed by atoms with Crippen LogP contribution in [-0.4, -0.2) is 49.3 Å². The maximum atomic E-state index is 12.8. The van der Waals surface area contributed by atoms with Gasteiger partial charge in [0, 0.05) is 16.1 Å². The normalized spacial score (nSPS) is 26.4. The third-order valence-corrected chi connectivity index (χ3v) is 8.23. The predicted octanol–water partition coefficient (Wildman–Crippen LogP) is 2.92. The quantitative estimate of drug-likeness (QED) is 0.350. The van der Waals surface area contributed by atoms with E-state index in [1.54, 1.807) is 22.8 Å². The zero-order chi connectivity index (χ0) is 23.6. The highest BCUT2D eigenvalue weighted by atomic mass is 79.9. The molecular formula is C22H22BrN3O6S. The Morgan fingerprint density at radius 2 is 2.03 bits per heavy atom. The van der Waals surface area contributed by atoms with E-state index in [9.17, 15) is 13.2 Å². The van der Waals surface area contributed by atoms with Crippen LogP contribution in [0.25, 0.3) is 5.65 Å². The summed E-state index contributed by atoms with van der Waals surface area (Å²) < 4.78 is 44.5. The average molecular weight is 536 g/mol. The molecular weight excluding hydrogens is 514 g/mol. The van der Waals surface area contributed by atoms with Gasteiger partial charge in [0.2, 0.25) is 0 Å². The summed E-state index contributed by atoms with van der Waals surface area (Å²) in [4.78, 5) is 17.5. The van der Waals surface area contributed by atoms with E-state index in [-0.39, 0.29) is 18.1 Å². The third kappa shape index (κ3) is 3.40. The van der Waals surface area contributed by atoms with Crippen LogP contribution in [0.15, 0.2) is 45.9 Å². The van der Waals surface area contributed by atoms with Crippen LogP contribution in [0, 0.1) is 25.2 Å². The third-order valence-electron chi connectivity index (χ3n) is 6.52. The Morgan fingerprint density at radius 1 is 1.30 bits per heavy atom. The van der Waals surface area contributed by atoms with E-state index in [0.29, 0.717) is 17.9 Å². The van der Waals surface area contributed by atoms with Crippen LogP contribution < -0.4 is 0 Å². The lowest BCUT2D eigenvalue weighted by Gasteiger charge is -2.48. The molecule has 3 aliphatic rings. The minimum atomic E-state index is -4.00. The van der Waals surface area contributed by atoms with E-state index in [2.05, 4.69) is 26.0 Å². The Kier molecular flexibility index (Phi) is 5.16. The number of benzene rings is 1. The molecule has 3 aromatic rings. The summed E-state index contributed by atoms with van der Waals surface area (Å²) in [7, 11) is -2.70. The number of aryl methyl sites for hydroxylation is 2. The lowest BCUT2D eigenvalue weighted by molar-refractivity contribution is -0.176. The topological polar surface area (TPSA) is 109 Å². The molecule has 2 bridgehead atoms. The fourth-order valence-electron chi connectivity index (χ4n) is 4.89. The molecule has 3 fully saturated rings. The number of hydrogen-bond donors (Lipinski definition) is 0. The van der Waals surface area contributed by atoms with E-state index in [1.807, 2.05) is 19.9 Å². The minimum Gasteiger partial charge on any atom is -0.469 e. The van der Waals surface area contributed by atoms with E-state index in [4.69, 9.17) is 13.7 Å². The molecule has 11 heteroatoms. The summed E-state index contributed by atoms with van der Waals surface area (Å²) in [6, 6.07) is 8.32.